The quantitative estimate of drug-likeness (QED) is 0.710. The zero-order valence-corrected chi connectivity index (χ0v) is 14.3. The molecule has 0 aliphatic heterocycles. The number of rotatable bonds is 8. The highest BCUT2D eigenvalue weighted by Gasteiger charge is 2.39. The number of thiophene rings is 1. The van der Waals surface area contributed by atoms with Crippen molar-refractivity contribution >= 4 is 46.1 Å². The smallest absolute Gasteiger partial charge is 0.233 e. The van der Waals surface area contributed by atoms with Gasteiger partial charge in [-0.25, -0.2) is 0 Å². The standard InChI is InChI=1S/C14H21ClN2OS2/c1-3-7-14(8-4-2,12(16)19)13(18)17-9-10-5-6-11(15)20-10/h5-6H,3-4,7-9H2,1-2H3,(H2,16,19)(H,17,18). The van der Waals surface area contributed by atoms with Gasteiger partial charge in [0.2, 0.25) is 5.91 Å². The fourth-order valence-electron chi connectivity index (χ4n) is 2.35. The minimum Gasteiger partial charge on any atom is -0.392 e. The predicted octanol–water partition coefficient (Wildman–Crippen LogP) is 3.89. The van der Waals surface area contributed by atoms with Crippen molar-refractivity contribution in [3.05, 3.63) is 21.3 Å². The van der Waals surface area contributed by atoms with Crippen molar-refractivity contribution in [2.75, 3.05) is 0 Å². The van der Waals surface area contributed by atoms with Gasteiger partial charge in [-0.3, -0.25) is 4.79 Å². The van der Waals surface area contributed by atoms with E-state index in [2.05, 4.69) is 5.32 Å². The van der Waals surface area contributed by atoms with Crippen LogP contribution in [-0.2, 0) is 11.3 Å². The SMILES string of the molecule is CCCC(CCC)(C(=O)NCc1ccc(Cl)s1)C(N)=S. The Kier molecular flexibility index (Phi) is 6.92. The molecule has 1 amide bonds. The Bertz CT molecular complexity index is 467. The summed E-state index contributed by atoms with van der Waals surface area (Å²) in [5.41, 5.74) is 5.15. The minimum absolute atomic E-state index is 0.0711. The monoisotopic (exact) mass is 332 g/mol. The lowest BCUT2D eigenvalue weighted by atomic mass is 9.78. The molecule has 0 spiro atoms. The number of thiocarbonyl (C=S) groups is 1. The lowest BCUT2D eigenvalue weighted by molar-refractivity contribution is -0.128. The van der Waals surface area contributed by atoms with E-state index in [0.29, 0.717) is 24.4 Å². The second kappa shape index (κ2) is 7.96. The summed E-state index contributed by atoms with van der Waals surface area (Å²) in [6, 6.07) is 3.74. The molecule has 0 saturated carbocycles. The van der Waals surface area contributed by atoms with Crippen LogP contribution in [0.2, 0.25) is 4.34 Å². The first kappa shape index (κ1) is 17.4. The first-order valence-corrected chi connectivity index (χ1v) is 8.39. The van der Waals surface area contributed by atoms with E-state index >= 15 is 0 Å². The molecule has 0 atom stereocenters. The molecule has 20 heavy (non-hydrogen) atoms. The maximum atomic E-state index is 12.6. The van der Waals surface area contributed by atoms with Crippen LogP contribution in [0.1, 0.15) is 44.4 Å². The van der Waals surface area contributed by atoms with Gasteiger partial charge < -0.3 is 11.1 Å². The minimum atomic E-state index is -0.722. The van der Waals surface area contributed by atoms with Crippen molar-refractivity contribution in [2.24, 2.45) is 11.1 Å². The van der Waals surface area contributed by atoms with E-state index in [4.69, 9.17) is 29.6 Å². The van der Waals surface area contributed by atoms with Gasteiger partial charge >= 0.3 is 0 Å². The molecule has 0 bridgehead atoms. The van der Waals surface area contributed by atoms with E-state index in [9.17, 15) is 4.79 Å². The van der Waals surface area contributed by atoms with Gasteiger partial charge in [0.25, 0.3) is 0 Å². The van der Waals surface area contributed by atoms with Gasteiger partial charge in [0.05, 0.1) is 21.3 Å². The molecule has 0 fully saturated rings. The molecule has 0 unspecified atom stereocenters. The molecule has 3 nitrogen and oxygen atoms in total. The normalized spacial score (nSPS) is 11.3. The fraction of sp³-hybridized carbons (Fsp3) is 0.571. The molecular formula is C14H21ClN2OS2. The Hall–Kier alpha value is -0.650. The molecule has 0 aromatic carbocycles. The summed E-state index contributed by atoms with van der Waals surface area (Å²) in [4.78, 5) is 13.9. The molecule has 0 saturated heterocycles. The van der Waals surface area contributed by atoms with E-state index in [1.54, 1.807) is 0 Å². The third-order valence-electron chi connectivity index (χ3n) is 3.31. The molecule has 6 heteroatoms. The number of halogens is 1. The number of nitrogens with one attached hydrogen (secondary N) is 1. The van der Waals surface area contributed by atoms with E-state index in [-0.39, 0.29) is 5.91 Å². The third-order valence-corrected chi connectivity index (χ3v) is 4.93. The molecule has 3 N–H and O–H groups in total. The number of carbonyl (C=O) groups excluding carboxylic acids is 1. The lowest BCUT2D eigenvalue weighted by Gasteiger charge is -2.30. The topological polar surface area (TPSA) is 55.1 Å². The summed E-state index contributed by atoms with van der Waals surface area (Å²) in [6.45, 7) is 4.54. The van der Waals surface area contributed by atoms with Gasteiger partial charge in [-0.2, -0.15) is 0 Å². The molecule has 0 aliphatic rings. The Labute approximate surface area is 134 Å². The van der Waals surface area contributed by atoms with Crippen LogP contribution < -0.4 is 11.1 Å². The summed E-state index contributed by atoms with van der Waals surface area (Å²) < 4.78 is 0.719. The van der Waals surface area contributed by atoms with Gasteiger partial charge in [0, 0.05) is 4.88 Å². The van der Waals surface area contributed by atoms with Gasteiger partial charge in [0.15, 0.2) is 0 Å². The van der Waals surface area contributed by atoms with Crippen LogP contribution in [-0.4, -0.2) is 10.9 Å². The molecule has 1 aromatic heterocycles. The fourth-order valence-corrected chi connectivity index (χ4v) is 3.67. The Morgan fingerprint density at radius 2 is 2.00 bits per heavy atom. The largest absolute Gasteiger partial charge is 0.392 e. The van der Waals surface area contributed by atoms with Crippen molar-refractivity contribution in [3.8, 4) is 0 Å². The second-order valence-corrected chi connectivity index (χ2v) is 7.07. The maximum Gasteiger partial charge on any atom is 0.233 e. The second-order valence-electron chi connectivity index (χ2n) is 4.83. The molecule has 0 radical (unpaired) electrons. The Morgan fingerprint density at radius 1 is 1.40 bits per heavy atom. The van der Waals surface area contributed by atoms with Crippen molar-refractivity contribution in [1.82, 2.24) is 5.32 Å². The van der Waals surface area contributed by atoms with Crippen LogP contribution in [0, 0.1) is 5.41 Å². The lowest BCUT2D eigenvalue weighted by Crippen LogP contribution is -2.48. The van der Waals surface area contributed by atoms with Crippen molar-refractivity contribution in [3.63, 3.8) is 0 Å². The molecule has 1 rings (SSSR count). The van der Waals surface area contributed by atoms with Crippen LogP contribution in [0.25, 0.3) is 0 Å². The van der Waals surface area contributed by atoms with Crippen LogP contribution in [0.5, 0.6) is 0 Å². The maximum absolute atomic E-state index is 12.6. The molecular weight excluding hydrogens is 312 g/mol. The van der Waals surface area contributed by atoms with Crippen molar-refractivity contribution in [1.29, 1.82) is 0 Å². The molecule has 1 heterocycles. The first-order valence-electron chi connectivity index (χ1n) is 6.78. The van der Waals surface area contributed by atoms with Gasteiger partial charge in [0.1, 0.15) is 0 Å². The van der Waals surface area contributed by atoms with Crippen molar-refractivity contribution < 1.29 is 4.79 Å². The van der Waals surface area contributed by atoms with Crippen LogP contribution in [0.4, 0.5) is 0 Å². The molecule has 0 aliphatic carbocycles. The van der Waals surface area contributed by atoms with Gasteiger partial charge in [-0.1, -0.05) is 50.5 Å². The van der Waals surface area contributed by atoms with Gasteiger partial charge in [-0.15, -0.1) is 11.3 Å². The summed E-state index contributed by atoms with van der Waals surface area (Å²) in [7, 11) is 0. The zero-order valence-electron chi connectivity index (χ0n) is 11.9. The van der Waals surface area contributed by atoms with E-state index in [1.165, 1.54) is 11.3 Å². The summed E-state index contributed by atoms with van der Waals surface area (Å²) in [5.74, 6) is -0.0711. The zero-order chi connectivity index (χ0) is 15.2. The first-order chi connectivity index (χ1) is 9.46. The summed E-state index contributed by atoms with van der Waals surface area (Å²) in [5, 5.41) is 2.95. The van der Waals surface area contributed by atoms with Crippen molar-refractivity contribution in [2.45, 2.75) is 46.1 Å². The van der Waals surface area contributed by atoms with Crippen LogP contribution in [0.3, 0.4) is 0 Å². The number of hydrogen-bond acceptors (Lipinski definition) is 3. The Morgan fingerprint density at radius 3 is 2.40 bits per heavy atom. The molecule has 1 aromatic rings. The van der Waals surface area contributed by atoms with Gasteiger partial charge in [-0.05, 0) is 25.0 Å². The summed E-state index contributed by atoms with van der Waals surface area (Å²) in [6.07, 6.45) is 3.12. The van der Waals surface area contributed by atoms with Crippen LogP contribution in [0.15, 0.2) is 12.1 Å². The van der Waals surface area contributed by atoms with E-state index < -0.39 is 5.41 Å². The van der Waals surface area contributed by atoms with E-state index in [0.717, 1.165) is 22.1 Å². The predicted molar refractivity (Wildman–Crippen MR) is 90.2 cm³/mol. The van der Waals surface area contributed by atoms with Crippen LogP contribution >= 0.6 is 35.2 Å². The number of hydrogen-bond donors (Lipinski definition) is 2. The molecule has 112 valence electrons. The third kappa shape index (κ3) is 4.17. The summed E-state index contributed by atoms with van der Waals surface area (Å²) >= 11 is 12.5. The number of nitrogens with two attached hydrogens (primary N) is 1. The number of amides is 1. The highest BCUT2D eigenvalue weighted by atomic mass is 35.5. The highest BCUT2D eigenvalue weighted by molar-refractivity contribution is 7.80. The average molecular weight is 333 g/mol. The number of carbonyl (C=O) groups is 1. The van der Waals surface area contributed by atoms with E-state index in [1.807, 2.05) is 26.0 Å². The average Bonchev–Trinajstić information content (AvgIpc) is 2.81. The Balaban J connectivity index is 2.79. The highest BCUT2D eigenvalue weighted by Crippen LogP contribution is 2.31.